The Hall–Kier alpha value is -1.07. The van der Waals surface area contributed by atoms with E-state index in [1.54, 1.807) is 0 Å². The minimum atomic E-state index is -0.0805. The molecule has 1 saturated heterocycles. The van der Waals surface area contributed by atoms with E-state index in [1.165, 1.54) is 25.8 Å². The maximum Gasteiger partial charge on any atom is 0.315 e. The number of nitrogens with zero attached hydrogens (tertiary/aromatic N) is 1. The summed E-state index contributed by atoms with van der Waals surface area (Å²) in [7, 11) is 0. The van der Waals surface area contributed by atoms with Crippen molar-refractivity contribution in [2.75, 3.05) is 26.2 Å². The van der Waals surface area contributed by atoms with Gasteiger partial charge in [-0.1, -0.05) is 12.2 Å². The van der Waals surface area contributed by atoms with Crippen molar-refractivity contribution in [2.45, 2.75) is 37.8 Å². The van der Waals surface area contributed by atoms with Gasteiger partial charge in [0.05, 0.1) is 0 Å². The zero-order valence-electron chi connectivity index (χ0n) is 11.9. The summed E-state index contributed by atoms with van der Waals surface area (Å²) in [6, 6.07) is 0.828. The Morgan fingerprint density at radius 3 is 2.85 bits per heavy atom. The molecule has 3 aliphatic rings. The van der Waals surface area contributed by atoms with E-state index >= 15 is 0 Å². The average Bonchev–Trinajstić information content (AvgIpc) is 3.02. The fraction of sp³-hybridized carbons (Fsp3) is 0.800. The molecule has 20 heavy (non-hydrogen) atoms. The van der Waals surface area contributed by atoms with E-state index < -0.39 is 0 Å². The number of carbonyl (C=O) groups excluding carboxylic acids is 1. The van der Waals surface area contributed by atoms with Crippen molar-refractivity contribution in [1.82, 2.24) is 15.5 Å². The summed E-state index contributed by atoms with van der Waals surface area (Å²) < 4.78 is 0. The van der Waals surface area contributed by atoms with E-state index in [0.29, 0.717) is 5.92 Å². The first-order valence-electron chi connectivity index (χ1n) is 7.82. The number of likely N-dealkylation sites (tertiary alicyclic amines) is 1. The largest absolute Gasteiger partial charge is 0.396 e. The summed E-state index contributed by atoms with van der Waals surface area (Å²) in [6.07, 6.45) is 8.69. The molecule has 2 aliphatic carbocycles. The highest BCUT2D eigenvalue weighted by Crippen LogP contribution is 2.31. The van der Waals surface area contributed by atoms with Gasteiger partial charge in [0.1, 0.15) is 0 Å². The van der Waals surface area contributed by atoms with E-state index in [-0.39, 0.29) is 24.6 Å². The monoisotopic (exact) mass is 279 g/mol. The summed E-state index contributed by atoms with van der Waals surface area (Å²) in [4.78, 5) is 14.4. The van der Waals surface area contributed by atoms with Gasteiger partial charge in [-0.15, -0.1) is 0 Å². The van der Waals surface area contributed by atoms with Crippen molar-refractivity contribution < 1.29 is 9.90 Å². The van der Waals surface area contributed by atoms with Gasteiger partial charge in [-0.05, 0) is 38.1 Å². The van der Waals surface area contributed by atoms with Gasteiger partial charge in [-0.3, -0.25) is 0 Å². The lowest BCUT2D eigenvalue weighted by atomic mass is 10.1. The smallest absolute Gasteiger partial charge is 0.315 e. The van der Waals surface area contributed by atoms with Crippen molar-refractivity contribution in [1.29, 1.82) is 0 Å². The van der Waals surface area contributed by atoms with Crippen LogP contribution < -0.4 is 10.6 Å². The van der Waals surface area contributed by atoms with Gasteiger partial charge in [-0.25, -0.2) is 4.79 Å². The van der Waals surface area contributed by atoms with Crippen LogP contribution in [-0.2, 0) is 0 Å². The van der Waals surface area contributed by atoms with Crippen molar-refractivity contribution in [3.05, 3.63) is 12.2 Å². The van der Waals surface area contributed by atoms with Gasteiger partial charge in [0.2, 0.25) is 0 Å². The van der Waals surface area contributed by atoms with E-state index in [9.17, 15) is 4.79 Å². The highest BCUT2D eigenvalue weighted by Gasteiger charge is 2.34. The molecule has 0 aromatic heterocycles. The van der Waals surface area contributed by atoms with Gasteiger partial charge in [0.25, 0.3) is 0 Å². The molecular weight excluding hydrogens is 254 g/mol. The first-order chi connectivity index (χ1) is 9.74. The molecule has 3 atom stereocenters. The second-order valence-electron chi connectivity index (χ2n) is 6.40. The van der Waals surface area contributed by atoms with Crippen LogP contribution in [0, 0.1) is 11.8 Å². The Kier molecular flexibility index (Phi) is 4.27. The lowest BCUT2D eigenvalue weighted by Gasteiger charge is -2.17. The summed E-state index contributed by atoms with van der Waals surface area (Å²) in [5, 5.41) is 15.0. The van der Waals surface area contributed by atoms with Crippen LogP contribution in [0.15, 0.2) is 12.2 Å². The lowest BCUT2D eigenvalue weighted by molar-refractivity contribution is 0.229. The molecule has 0 bridgehead atoms. The third kappa shape index (κ3) is 3.52. The second kappa shape index (κ2) is 6.14. The van der Waals surface area contributed by atoms with Gasteiger partial charge < -0.3 is 20.6 Å². The van der Waals surface area contributed by atoms with Crippen molar-refractivity contribution in [3.63, 3.8) is 0 Å². The maximum atomic E-state index is 11.8. The van der Waals surface area contributed by atoms with Crippen molar-refractivity contribution in [3.8, 4) is 0 Å². The average molecular weight is 279 g/mol. The van der Waals surface area contributed by atoms with E-state index in [0.717, 1.165) is 25.6 Å². The molecule has 2 fully saturated rings. The summed E-state index contributed by atoms with van der Waals surface area (Å²) >= 11 is 0. The predicted octanol–water partition coefficient (Wildman–Crippen LogP) is 0.707. The number of aliphatic hydroxyl groups excluding tert-OH is 1. The number of aliphatic hydroxyl groups is 1. The Morgan fingerprint density at radius 1 is 1.30 bits per heavy atom. The zero-order valence-corrected chi connectivity index (χ0v) is 11.9. The standard InChI is InChI=1S/C15H25N3O2/c19-10-11-1-2-13(7-11)17-15(20)16-8-12-5-6-18(9-12)14-3-4-14/h1-2,11-14,19H,3-10H2,(H2,16,17,20)/t11-,12?,13+/m0/s1. The first-order valence-corrected chi connectivity index (χ1v) is 7.82. The molecule has 3 N–H and O–H groups in total. The number of hydrogen-bond acceptors (Lipinski definition) is 3. The van der Waals surface area contributed by atoms with Crippen LogP contribution in [0.4, 0.5) is 4.79 Å². The Labute approximate surface area is 120 Å². The van der Waals surface area contributed by atoms with Crippen LogP contribution in [0.3, 0.4) is 0 Å². The first kappa shape index (κ1) is 13.9. The highest BCUT2D eigenvalue weighted by atomic mass is 16.3. The molecule has 2 amide bonds. The molecule has 0 radical (unpaired) electrons. The summed E-state index contributed by atoms with van der Waals surface area (Å²) in [5.74, 6) is 0.799. The topological polar surface area (TPSA) is 64.6 Å². The molecular formula is C15H25N3O2. The Morgan fingerprint density at radius 2 is 2.15 bits per heavy atom. The van der Waals surface area contributed by atoms with Crippen LogP contribution in [0.2, 0.25) is 0 Å². The zero-order chi connectivity index (χ0) is 13.9. The molecule has 1 aliphatic heterocycles. The quantitative estimate of drug-likeness (QED) is 0.649. The van der Waals surface area contributed by atoms with Gasteiger partial charge in [0, 0.05) is 37.7 Å². The fourth-order valence-electron chi connectivity index (χ4n) is 3.27. The molecule has 1 unspecified atom stereocenters. The predicted molar refractivity (Wildman–Crippen MR) is 77.4 cm³/mol. The highest BCUT2D eigenvalue weighted by molar-refractivity contribution is 5.74. The molecule has 5 heteroatoms. The molecule has 1 heterocycles. The molecule has 112 valence electrons. The van der Waals surface area contributed by atoms with Crippen LogP contribution in [0.1, 0.15) is 25.7 Å². The molecule has 0 spiro atoms. The number of amides is 2. The van der Waals surface area contributed by atoms with Crippen molar-refractivity contribution >= 4 is 6.03 Å². The summed E-state index contributed by atoms with van der Waals surface area (Å²) in [6.45, 7) is 3.27. The van der Waals surface area contributed by atoms with Crippen LogP contribution in [0.5, 0.6) is 0 Å². The SMILES string of the molecule is O=C(NCC1CCN(C2CC2)C1)N[C@@H]1C=C[C@H](CO)C1. The molecule has 0 aromatic carbocycles. The fourth-order valence-corrected chi connectivity index (χ4v) is 3.27. The number of rotatable bonds is 5. The second-order valence-corrected chi connectivity index (χ2v) is 6.40. The number of nitrogens with one attached hydrogen (secondary N) is 2. The van der Waals surface area contributed by atoms with E-state index in [2.05, 4.69) is 15.5 Å². The van der Waals surface area contributed by atoms with Gasteiger partial charge in [0.15, 0.2) is 0 Å². The molecule has 0 aromatic rings. The normalized spacial score (nSPS) is 33.5. The lowest BCUT2D eigenvalue weighted by Crippen LogP contribution is -2.43. The minimum Gasteiger partial charge on any atom is -0.396 e. The van der Waals surface area contributed by atoms with Crippen LogP contribution in [0.25, 0.3) is 0 Å². The third-order valence-electron chi connectivity index (χ3n) is 4.66. The number of carbonyl (C=O) groups is 1. The number of urea groups is 1. The maximum absolute atomic E-state index is 11.8. The third-order valence-corrected chi connectivity index (χ3v) is 4.66. The van der Waals surface area contributed by atoms with Crippen LogP contribution >= 0.6 is 0 Å². The van der Waals surface area contributed by atoms with Gasteiger partial charge >= 0.3 is 6.03 Å². The summed E-state index contributed by atoms with van der Waals surface area (Å²) in [5.41, 5.74) is 0. The van der Waals surface area contributed by atoms with E-state index in [1.807, 2.05) is 12.2 Å². The number of hydrogen-bond donors (Lipinski definition) is 3. The van der Waals surface area contributed by atoms with E-state index in [4.69, 9.17) is 5.11 Å². The molecule has 5 nitrogen and oxygen atoms in total. The van der Waals surface area contributed by atoms with Crippen LogP contribution in [-0.4, -0.2) is 54.4 Å². The van der Waals surface area contributed by atoms with Crippen molar-refractivity contribution in [2.24, 2.45) is 11.8 Å². The van der Waals surface area contributed by atoms with Gasteiger partial charge in [-0.2, -0.15) is 0 Å². The molecule has 3 rings (SSSR count). The Bertz CT molecular complexity index is 381. The Balaban J connectivity index is 1.32. The molecule has 1 saturated carbocycles. The minimum absolute atomic E-state index is 0.0682.